The van der Waals surface area contributed by atoms with E-state index in [1.165, 1.54) is 25.7 Å². The van der Waals surface area contributed by atoms with Crippen LogP contribution in [-0.4, -0.2) is 11.1 Å². The van der Waals surface area contributed by atoms with Crippen LogP contribution in [0.15, 0.2) is 59.0 Å². The summed E-state index contributed by atoms with van der Waals surface area (Å²) in [6.45, 7) is 4.36. The predicted molar refractivity (Wildman–Crippen MR) is 93.7 cm³/mol. The molecule has 0 saturated heterocycles. The third-order valence-electron chi connectivity index (χ3n) is 3.58. The van der Waals surface area contributed by atoms with E-state index in [1.54, 1.807) is 12.4 Å². The maximum Gasteiger partial charge on any atom is 0.119 e. The Balaban J connectivity index is 1.81. The number of hydrogen-bond donors (Lipinski definition) is 0. The summed E-state index contributed by atoms with van der Waals surface area (Å²) < 4.78 is 5.93. The van der Waals surface area contributed by atoms with E-state index in [2.05, 4.69) is 29.1 Å². The van der Waals surface area contributed by atoms with Crippen molar-refractivity contribution in [3.8, 4) is 5.75 Å². The van der Waals surface area contributed by atoms with Crippen LogP contribution >= 0.6 is 0 Å². The minimum absolute atomic E-state index is 0.246. The highest BCUT2D eigenvalue weighted by Gasteiger charge is 2.04. The van der Waals surface area contributed by atoms with Crippen LogP contribution in [0.1, 0.15) is 46.0 Å². The zero-order valence-electron chi connectivity index (χ0n) is 14.0. The SMILES string of the molecule is CCCCCCC(C)Oc1ccc(N=Nc2ccncc2)cc1. The minimum Gasteiger partial charge on any atom is -0.491 e. The Morgan fingerprint density at radius 1 is 0.913 bits per heavy atom. The second-order valence-electron chi connectivity index (χ2n) is 5.68. The lowest BCUT2D eigenvalue weighted by Crippen LogP contribution is -2.11. The normalized spacial score (nSPS) is 12.4. The number of nitrogens with zero attached hydrogens (tertiary/aromatic N) is 3. The van der Waals surface area contributed by atoms with Gasteiger partial charge in [-0.1, -0.05) is 26.2 Å². The molecule has 0 aliphatic heterocycles. The van der Waals surface area contributed by atoms with Gasteiger partial charge in [0.25, 0.3) is 0 Å². The zero-order valence-corrected chi connectivity index (χ0v) is 14.0. The molecule has 0 aliphatic carbocycles. The molecule has 4 nitrogen and oxygen atoms in total. The van der Waals surface area contributed by atoms with Crippen LogP contribution in [-0.2, 0) is 0 Å². The second-order valence-corrected chi connectivity index (χ2v) is 5.68. The molecule has 1 unspecified atom stereocenters. The van der Waals surface area contributed by atoms with Crippen LogP contribution in [0.3, 0.4) is 0 Å². The van der Waals surface area contributed by atoms with Crippen LogP contribution in [0.2, 0.25) is 0 Å². The Bertz CT molecular complexity index is 581. The van der Waals surface area contributed by atoms with Crippen molar-refractivity contribution < 1.29 is 4.74 Å². The molecular formula is C19H25N3O. The average Bonchev–Trinajstić information content (AvgIpc) is 2.59. The molecule has 2 aromatic rings. The molecule has 1 aromatic carbocycles. The molecule has 0 spiro atoms. The topological polar surface area (TPSA) is 46.8 Å². The number of hydrogen-bond acceptors (Lipinski definition) is 4. The van der Waals surface area contributed by atoms with Gasteiger partial charge in [0.15, 0.2) is 0 Å². The van der Waals surface area contributed by atoms with Crippen molar-refractivity contribution in [2.45, 2.75) is 52.1 Å². The standard InChI is InChI=1S/C19H25N3O/c1-3-4-5-6-7-16(2)23-19-10-8-17(9-11-19)21-22-18-12-14-20-15-13-18/h8-16H,3-7H2,1-2H3. The molecule has 23 heavy (non-hydrogen) atoms. The van der Waals surface area contributed by atoms with Gasteiger partial charge in [-0.2, -0.15) is 10.2 Å². The monoisotopic (exact) mass is 311 g/mol. The fourth-order valence-corrected chi connectivity index (χ4v) is 2.27. The van der Waals surface area contributed by atoms with Gasteiger partial charge >= 0.3 is 0 Å². The Kier molecular flexibility index (Phi) is 7.24. The molecule has 4 heteroatoms. The average molecular weight is 311 g/mol. The van der Waals surface area contributed by atoms with Crippen molar-refractivity contribution in [2.75, 3.05) is 0 Å². The van der Waals surface area contributed by atoms with Gasteiger partial charge in [0, 0.05) is 12.4 Å². The van der Waals surface area contributed by atoms with E-state index >= 15 is 0 Å². The van der Waals surface area contributed by atoms with Gasteiger partial charge in [0.05, 0.1) is 17.5 Å². The van der Waals surface area contributed by atoms with Gasteiger partial charge in [-0.25, -0.2) is 0 Å². The first-order chi connectivity index (χ1) is 11.3. The first-order valence-electron chi connectivity index (χ1n) is 8.36. The smallest absolute Gasteiger partial charge is 0.119 e. The Morgan fingerprint density at radius 2 is 1.57 bits per heavy atom. The summed E-state index contributed by atoms with van der Waals surface area (Å²) in [6, 6.07) is 11.4. The first kappa shape index (κ1) is 17.1. The molecule has 0 radical (unpaired) electrons. The lowest BCUT2D eigenvalue weighted by Gasteiger charge is -2.14. The van der Waals surface area contributed by atoms with Crippen LogP contribution in [0.4, 0.5) is 11.4 Å². The molecule has 1 atom stereocenters. The van der Waals surface area contributed by atoms with E-state index in [1.807, 2.05) is 36.4 Å². The Labute approximate surface area is 138 Å². The Morgan fingerprint density at radius 3 is 2.22 bits per heavy atom. The number of aromatic nitrogens is 1. The largest absolute Gasteiger partial charge is 0.491 e. The van der Waals surface area contributed by atoms with Crippen molar-refractivity contribution >= 4 is 11.4 Å². The molecule has 0 amide bonds. The third-order valence-corrected chi connectivity index (χ3v) is 3.58. The van der Waals surface area contributed by atoms with Crippen molar-refractivity contribution in [3.63, 3.8) is 0 Å². The molecule has 0 bridgehead atoms. The first-order valence-corrected chi connectivity index (χ1v) is 8.36. The van der Waals surface area contributed by atoms with Crippen molar-refractivity contribution in [2.24, 2.45) is 10.2 Å². The summed E-state index contributed by atoms with van der Waals surface area (Å²) in [6.07, 6.45) is 9.85. The van der Waals surface area contributed by atoms with Crippen molar-refractivity contribution in [1.29, 1.82) is 0 Å². The highest BCUT2D eigenvalue weighted by molar-refractivity contribution is 5.42. The van der Waals surface area contributed by atoms with Gasteiger partial charge < -0.3 is 4.74 Å². The molecule has 0 N–H and O–H groups in total. The molecule has 0 saturated carbocycles. The predicted octanol–water partition coefficient (Wildman–Crippen LogP) is 6.23. The van der Waals surface area contributed by atoms with Crippen molar-refractivity contribution in [3.05, 3.63) is 48.8 Å². The van der Waals surface area contributed by atoms with Gasteiger partial charge in [0.2, 0.25) is 0 Å². The number of benzene rings is 1. The fraction of sp³-hybridized carbons (Fsp3) is 0.421. The quantitative estimate of drug-likeness (QED) is 0.407. The molecule has 0 fully saturated rings. The molecular weight excluding hydrogens is 286 g/mol. The number of rotatable bonds is 9. The molecule has 2 rings (SSSR count). The number of unbranched alkanes of at least 4 members (excludes halogenated alkanes) is 3. The zero-order chi connectivity index (χ0) is 16.3. The number of azo groups is 1. The van der Waals surface area contributed by atoms with Crippen molar-refractivity contribution in [1.82, 2.24) is 4.98 Å². The maximum absolute atomic E-state index is 5.93. The van der Waals surface area contributed by atoms with Gasteiger partial charge in [0.1, 0.15) is 5.75 Å². The third kappa shape index (κ3) is 6.59. The van der Waals surface area contributed by atoms with Gasteiger partial charge in [-0.05, 0) is 56.2 Å². The summed E-state index contributed by atoms with van der Waals surface area (Å²) in [4.78, 5) is 3.95. The molecule has 1 aromatic heterocycles. The fourth-order valence-electron chi connectivity index (χ4n) is 2.27. The molecule has 1 heterocycles. The van der Waals surface area contributed by atoms with E-state index in [0.29, 0.717) is 0 Å². The summed E-state index contributed by atoms with van der Waals surface area (Å²) in [5.41, 5.74) is 1.60. The lowest BCUT2D eigenvalue weighted by atomic mass is 10.1. The van der Waals surface area contributed by atoms with Crippen LogP contribution in [0.25, 0.3) is 0 Å². The highest BCUT2D eigenvalue weighted by Crippen LogP contribution is 2.22. The molecule has 122 valence electrons. The summed E-state index contributed by atoms with van der Waals surface area (Å²) >= 11 is 0. The van der Waals surface area contributed by atoms with Gasteiger partial charge in [-0.15, -0.1) is 0 Å². The van der Waals surface area contributed by atoms with E-state index in [-0.39, 0.29) is 6.10 Å². The number of pyridine rings is 1. The number of ether oxygens (including phenoxy) is 1. The molecule has 0 aliphatic rings. The van der Waals surface area contributed by atoms with Crippen LogP contribution in [0.5, 0.6) is 5.75 Å². The summed E-state index contributed by atoms with van der Waals surface area (Å²) in [5, 5.41) is 8.38. The van der Waals surface area contributed by atoms with E-state index in [4.69, 9.17) is 4.74 Å². The lowest BCUT2D eigenvalue weighted by molar-refractivity contribution is 0.206. The highest BCUT2D eigenvalue weighted by atomic mass is 16.5. The minimum atomic E-state index is 0.246. The van der Waals surface area contributed by atoms with Crippen LogP contribution in [0, 0.1) is 0 Å². The second kappa shape index (κ2) is 9.72. The van der Waals surface area contributed by atoms with Crippen LogP contribution < -0.4 is 4.74 Å². The van der Waals surface area contributed by atoms with E-state index < -0.39 is 0 Å². The van der Waals surface area contributed by atoms with Gasteiger partial charge in [-0.3, -0.25) is 4.98 Å². The van der Waals surface area contributed by atoms with E-state index in [0.717, 1.165) is 23.5 Å². The Hall–Kier alpha value is -2.23. The maximum atomic E-state index is 5.93. The van der Waals surface area contributed by atoms with E-state index in [9.17, 15) is 0 Å². The summed E-state index contributed by atoms with van der Waals surface area (Å²) in [5.74, 6) is 0.885. The summed E-state index contributed by atoms with van der Waals surface area (Å²) in [7, 11) is 0.